The van der Waals surface area contributed by atoms with Crippen molar-refractivity contribution < 1.29 is 9.21 Å². The first-order valence-corrected chi connectivity index (χ1v) is 6.96. The lowest BCUT2D eigenvalue weighted by molar-refractivity contribution is 0.0951. The molecule has 0 fully saturated rings. The highest BCUT2D eigenvalue weighted by atomic mass is 16.3. The van der Waals surface area contributed by atoms with Crippen molar-refractivity contribution in [3.05, 3.63) is 65.7 Å². The van der Waals surface area contributed by atoms with Gasteiger partial charge in [-0.3, -0.25) is 9.78 Å². The number of fused-ring (bicyclic) bond motifs is 1. The van der Waals surface area contributed by atoms with Crippen molar-refractivity contribution in [1.29, 1.82) is 0 Å². The largest absolute Gasteiger partial charge is 0.463 e. The molecule has 3 aromatic rings. The summed E-state index contributed by atoms with van der Waals surface area (Å²) in [6.45, 7) is 2.49. The van der Waals surface area contributed by atoms with Crippen molar-refractivity contribution >= 4 is 16.9 Å². The smallest absolute Gasteiger partial charge is 0.255 e. The lowest BCUT2D eigenvalue weighted by atomic mass is 10.1. The molecule has 0 aliphatic rings. The molecular weight excluding hydrogens is 264 g/mol. The fourth-order valence-corrected chi connectivity index (χ4v) is 2.24. The molecule has 0 atom stereocenters. The van der Waals surface area contributed by atoms with E-state index in [4.69, 9.17) is 4.42 Å². The van der Waals surface area contributed by atoms with Crippen LogP contribution in [0.1, 0.15) is 28.5 Å². The lowest BCUT2D eigenvalue weighted by Gasteiger charge is -2.03. The minimum Gasteiger partial charge on any atom is -0.463 e. The highest BCUT2D eigenvalue weighted by Gasteiger charge is 2.13. The quantitative estimate of drug-likeness (QED) is 0.797. The monoisotopic (exact) mass is 280 g/mol. The average molecular weight is 280 g/mol. The van der Waals surface area contributed by atoms with E-state index < -0.39 is 0 Å². The number of pyridine rings is 1. The van der Waals surface area contributed by atoms with Gasteiger partial charge in [-0.2, -0.15) is 0 Å². The number of carbonyl (C=O) groups excluding carboxylic acids is 1. The van der Waals surface area contributed by atoms with Gasteiger partial charge in [-0.1, -0.05) is 19.1 Å². The molecule has 2 heterocycles. The minimum atomic E-state index is -0.146. The summed E-state index contributed by atoms with van der Waals surface area (Å²) in [5.41, 5.74) is 3.31. The Morgan fingerprint density at radius 3 is 2.95 bits per heavy atom. The third-order valence-corrected chi connectivity index (χ3v) is 3.45. The zero-order valence-corrected chi connectivity index (χ0v) is 11.8. The molecule has 0 aliphatic heterocycles. The number of rotatable bonds is 4. The van der Waals surface area contributed by atoms with E-state index in [0.717, 1.165) is 23.1 Å². The van der Waals surface area contributed by atoms with E-state index in [-0.39, 0.29) is 5.91 Å². The molecule has 21 heavy (non-hydrogen) atoms. The van der Waals surface area contributed by atoms with Crippen LogP contribution in [-0.4, -0.2) is 10.9 Å². The Bertz CT molecular complexity index is 763. The molecule has 2 aromatic heterocycles. The van der Waals surface area contributed by atoms with E-state index in [9.17, 15) is 4.79 Å². The Labute approximate surface area is 122 Å². The van der Waals surface area contributed by atoms with Gasteiger partial charge in [0.1, 0.15) is 11.8 Å². The molecule has 0 spiro atoms. The number of hydrogen-bond acceptors (Lipinski definition) is 3. The molecule has 4 heteroatoms. The van der Waals surface area contributed by atoms with Crippen molar-refractivity contribution in [2.24, 2.45) is 0 Å². The van der Waals surface area contributed by atoms with Crippen LogP contribution >= 0.6 is 0 Å². The van der Waals surface area contributed by atoms with Gasteiger partial charge in [0.15, 0.2) is 0 Å². The van der Waals surface area contributed by atoms with Gasteiger partial charge in [0.05, 0.1) is 17.8 Å². The first kappa shape index (κ1) is 13.4. The van der Waals surface area contributed by atoms with Crippen LogP contribution in [0.5, 0.6) is 0 Å². The zero-order chi connectivity index (χ0) is 14.7. The Kier molecular flexibility index (Phi) is 3.69. The number of carbonyl (C=O) groups is 1. The van der Waals surface area contributed by atoms with Crippen LogP contribution in [0.3, 0.4) is 0 Å². The second-order valence-corrected chi connectivity index (χ2v) is 4.84. The summed E-state index contributed by atoms with van der Waals surface area (Å²) in [6, 6.07) is 11.6. The van der Waals surface area contributed by atoms with E-state index >= 15 is 0 Å². The number of aryl methyl sites for hydroxylation is 1. The molecule has 106 valence electrons. The Hall–Kier alpha value is -2.62. The predicted molar refractivity (Wildman–Crippen MR) is 81.0 cm³/mol. The molecule has 3 rings (SSSR count). The summed E-state index contributed by atoms with van der Waals surface area (Å²) in [6.07, 6.45) is 4.15. The second kappa shape index (κ2) is 5.79. The summed E-state index contributed by atoms with van der Waals surface area (Å²) in [5, 5.41) is 3.72. The van der Waals surface area contributed by atoms with Crippen LogP contribution in [0.2, 0.25) is 0 Å². The molecule has 1 N–H and O–H groups in total. The molecule has 0 aliphatic carbocycles. The highest BCUT2D eigenvalue weighted by molar-refractivity contribution is 6.06. The summed E-state index contributed by atoms with van der Waals surface area (Å²) >= 11 is 0. The van der Waals surface area contributed by atoms with Gasteiger partial charge in [0, 0.05) is 11.6 Å². The summed E-state index contributed by atoms with van der Waals surface area (Å²) in [4.78, 5) is 16.5. The van der Waals surface area contributed by atoms with Crippen LogP contribution in [0, 0.1) is 0 Å². The Balaban J connectivity index is 1.81. The maximum Gasteiger partial charge on any atom is 0.255 e. The number of hydrogen-bond donors (Lipinski definition) is 1. The predicted octanol–water partition coefficient (Wildman–Crippen LogP) is 3.32. The molecule has 0 unspecified atom stereocenters. The number of amides is 1. The molecule has 0 saturated carbocycles. The van der Waals surface area contributed by atoms with Crippen LogP contribution in [-0.2, 0) is 13.0 Å². The van der Waals surface area contributed by atoms with Crippen LogP contribution < -0.4 is 5.32 Å². The fraction of sp³-hybridized carbons (Fsp3) is 0.176. The van der Waals surface area contributed by atoms with E-state index in [1.165, 1.54) is 11.8 Å². The molecular formula is C17H16N2O2. The van der Waals surface area contributed by atoms with Crippen LogP contribution in [0.15, 0.2) is 53.3 Å². The third-order valence-electron chi connectivity index (χ3n) is 3.45. The van der Waals surface area contributed by atoms with Gasteiger partial charge in [0.2, 0.25) is 0 Å². The van der Waals surface area contributed by atoms with Crippen LogP contribution in [0.25, 0.3) is 11.0 Å². The Morgan fingerprint density at radius 2 is 2.19 bits per heavy atom. The molecule has 0 saturated heterocycles. The number of nitrogens with zero attached hydrogens (tertiary/aromatic N) is 1. The van der Waals surface area contributed by atoms with Gasteiger partial charge in [-0.25, -0.2) is 0 Å². The van der Waals surface area contributed by atoms with E-state index in [1.54, 1.807) is 6.20 Å². The van der Waals surface area contributed by atoms with Crippen LogP contribution in [0.4, 0.5) is 0 Å². The summed E-state index contributed by atoms with van der Waals surface area (Å²) in [5.74, 6) is -0.146. The maximum atomic E-state index is 12.3. The van der Waals surface area contributed by atoms with Crippen molar-refractivity contribution in [3.8, 4) is 0 Å². The van der Waals surface area contributed by atoms with Crippen molar-refractivity contribution in [1.82, 2.24) is 10.3 Å². The molecule has 4 nitrogen and oxygen atoms in total. The van der Waals surface area contributed by atoms with Gasteiger partial charge in [-0.05, 0) is 36.2 Å². The van der Waals surface area contributed by atoms with Gasteiger partial charge in [0.25, 0.3) is 5.91 Å². The van der Waals surface area contributed by atoms with Gasteiger partial charge >= 0.3 is 0 Å². The average Bonchev–Trinajstić information content (AvgIpc) is 2.96. The van der Waals surface area contributed by atoms with Crippen molar-refractivity contribution in [2.75, 3.05) is 0 Å². The number of nitrogens with one attached hydrogen (secondary N) is 1. The summed E-state index contributed by atoms with van der Waals surface area (Å²) in [7, 11) is 0. The standard InChI is InChI=1S/C17H16N2O2/c1-2-12-6-7-16-14(9-12)15(11-21-16)17(20)19-10-13-5-3-4-8-18-13/h3-9,11H,2,10H2,1H3,(H,19,20). The molecule has 1 aromatic carbocycles. The fourth-order valence-electron chi connectivity index (χ4n) is 2.24. The van der Waals surface area contributed by atoms with Crippen molar-refractivity contribution in [2.45, 2.75) is 19.9 Å². The third kappa shape index (κ3) is 2.79. The maximum absolute atomic E-state index is 12.3. The van der Waals surface area contributed by atoms with Gasteiger partial charge in [-0.15, -0.1) is 0 Å². The molecule has 0 bridgehead atoms. The van der Waals surface area contributed by atoms with Gasteiger partial charge < -0.3 is 9.73 Å². The normalized spacial score (nSPS) is 10.7. The van der Waals surface area contributed by atoms with E-state index in [0.29, 0.717) is 12.1 Å². The number of benzene rings is 1. The minimum absolute atomic E-state index is 0.146. The highest BCUT2D eigenvalue weighted by Crippen LogP contribution is 2.22. The van der Waals surface area contributed by atoms with E-state index in [1.807, 2.05) is 36.4 Å². The number of furan rings is 1. The van der Waals surface area contributed by atoms with E-state index in [2.05, 4.69) is 17.2 Å². The number of aromatic nitrogens is 1. The second-order valence-electron chi connectivity index (χ2n) is 4.84. The zero-order valence-electron chi connectivity index (χ0n) is 11.8. The SMILES string of the molecule is CCc1ccc2occ(C(=O)NCc3ccccn3)c2c1. The first-order valence-electron chi connectivity index (χ1n) is 6.96. The topological polar surface area (TPSA) is 55.1 Å². The van der Waals surface area contributed by atoms with Crippen molar-refractivity contribution in [3.63, 3.8) is 0 Å². The molecule has 1 amide bonds. The lowest BCUT2D eigenvalue weighted by Crippen LogP contribution is -2.22. The first-order chi connectivity index (χ1) is 10.3. The summed E-state index contributed by atoms with van der Waals surface area (Å²) < 4.78 is 5.45. The Morgan fingerprint density at radius 1 is 1.29 bits per heavy atom. The molecule has 0 radical (unpaired) electrons.